The number of benzene rings is 2. The first-order valence-electron chi connectivity index (χ1n) is 9.08. The third-order valence-corrected chi connectivity index (χ3v) is 5.15. The summed E-state index contributed by atoms with van der Waals surface area (Å²) in [4.78, 5) is 9.96. The van der Waals surface area contributed by atoms with Gasteiger partial charge in [0.25, 0.3) is 0 Å². The number of rotatable bonds is 1. The minimum atomic E-state index is 0. The lowest BCUT2D eigenvalue weighted by Gasteiger charge is -2.35. The number of hydrogen-bond acceptors (Lipinski definition) is 3. The Hall–Kier alpha value is -1.81. The summed E-state index contributed by atoms with van der Waals surface area (Å²) in [6.45, 7) is 6.36. The van der Waals surface area contributed by atoms with E-state index in [0.717, 1.165) is 44.1 Å². The molecule has 4 rings (SSSR count). The Morgan fingerprint density at radius 3 is 2.22 bits per heavy atom. The molecule has 0 atom stereocenters. The molecular weight excluding hydrogens is 377 g/mol. The van der Waals surface area contributed by atoms with E-state index in [2.05, 4.69) is 78.4 Å². The first kappa shape index (κ1) is 21.5. The lowest BCUT2D eigenvalue weighted by atomic mass is 10.0. The zero-order chi connectivity index (χ0) is 17.2. The molecule has 2 aliphatic rings. The molecule has 0 spiro atoms. The summed E-state index contributed by atoms with van der Waals surface area (Å²) < 4.78 is 0. The molecule has 0 bridgehead atoms. The van der Waals surface area contributed by atoms with E-state index in [4.69, 9.17) is 4.99 Å². The minimum absolute atomic E-state index is 0. The quantitative estimate of drug-likeness (QED) is 0.683. The molecule has 0 radical (unpaired) electrons. The van der Waals surface area contributed by atoms with Crippen LogP contribution in [0.15, 0.2) is 59.6 Å². The Kier molecular flexibility index (Phi) is 7.49. The monoisotopic (exact) mass is 403 g/mol. The van der Waals surface area contributed by atoms with Gasteiger partial charge in [-0.2, -0.15) is 0 Å². The summed E-state index contributed by atoms with van der Waals surface area (Å²) >= 11 is 0. The van der Waals surface area contributed by atoms with Gasteiger partial charge < -0.3 is 9.80 Å². The van der Waals surface area contributed by atoms with Gasteiger partial charge >= 0.3 is 0 Å². The maximum atomic E-state index is 5.12. The van der Waals surface area contributed by atoms with Crippen molar-refractivity contribution in [1.29, 1.82) is 0 Å². The number of para-hydroxylation sites is 1. The van der Waals surface area contributed by atoms with Crippen LogP contribution in [0.1, 0.15) is 16.7 Å². The van der Waals surface area contributed by atoms with E-state index < -0.39 is 0 Å². The van der Waals surface area contributed by atoms with Gasteiger partial charge in [-0.3, -0.25) is 0 Å². The zero-order valence-corrected chi connectivity index (χ0v) is 17.5. The number of aliphatic imine (C=N–C) groups is 1. The van der Waals surface area contributed by atoms with Crippen LogP contribution in [0.4, 0.5) is 5.69 Å². The van der Waals surface area contributed by atoms with Gasteiger partial charge in [0.05, 0.1) is 5.69 Å². The highest BCUT2D eigenvalue weighted by Gasteiger charge is 2.23. The Morgan fingerprint density at radius 2 is 1.52 bits per heavy atom. The van der Waals surface area contributed by atoms with Crippen LogP contribution < -0.4 is 0 Å². The van der Waals surface area contributed by atoms with Crippen molar-refractivity contribution in [3.8, 4) is 0 Å². The summed E-state index contributed by atoms with van der Waals surface area (Å²) in [6, 6.07) is 17.3. The van der Waals surface area contributed by atoms with Crippen LogP contribution >= 0.6 is 24.8 Å². The van der Waals surface area contributed by atoms with Crippen molar-refractivity contribution < 1.29 is 0 Å². The molecule has 2 aliphatic heterocycles. The maximum absolute atomic E-state index is 5.12. The van der Waals surface area contributed by atoms with Gasteiger partial charge in [0.2, 0.25) is 0 Å². The van der Waals surface area contributed by atoms with Crippen LogP contribution in [0.3, 0.4) is 0 Å². The number of nitrogens with zero attached hydrogens (tertiary/aromatic N) is 3. The van der Waals surface area contributed by atoms with Crippen LogP contribution in [0.5, 0.6) is 0 Å². The van der Waals surface area contributed by atoms with Crippen molar-refractivity contribution in [2.75, 3.05) is 33.2 Å². The predicted octanol–water partition coefficient (Wildman–Crippen LogP) is 4.76. The molecule has 3 nitrogen and oxygen atoms in total. The lowest BCUT2D eigenvalue weighted by Crippen LogP contribution is -2.47. The van der Waals surface area contributed by atoms with Crippen molar-refractivity contribution in [2.45, 2.75) is 13.3 Å². The zero-order valence-electron chi connectivity index (χ0n) is 15.9. The molecule has 0 aliphatic carbocycles. The molecule has 144 valence electrons. The van der Waals surface area contributed by atoms with E-state index >= 15 is 0 Å². The lowest BCUT2D eigenvalue weighted by molar-refractivity contribution is 0.216. The molecule has 5 heteroatoms. The Balaban J connectivity index is 0.00000131. The SMILES string of the molecule is Cc1ccc(C2=CCc3ccccc3N=C2N2CCN(C)CC2)cc1.Cl.Cl. The Morgan fingerprint density at radius 1 is 0.852 bits per heavy atom. The van der Waals surface area contributed by atoms with Gasteiger partial charge in [-0.25, -0.2) is 4.99 Å². The van der Waals surface area contributed by atoms with Crippen LogP contribution in [-0.2, 0) is 6.42 Å². The van der Waals surface area contributed by atoms with Crippen molar-refractivity contribution in [3.63, 3.8) is 0 Å². The number of amidine groups is 1. The highest BCUT2D eigenvalue weighted by Crippen LogP contribution is 2.30. The second-order valence-electron chi connectivity index (χ2n) is 7.04. The molecular formula is C22H27Cl2N3. The number of fused-ring (bicyclic) bond motifs is 1. The Labute approximate surface area is 174 Å². The fourth-order valence-electron chi connectivity index (χ4n) is 3.51. The van der Waals surface area contributed by atoms with E-state index in [1.54, 1.807) is 0 Å². The number of likely N-dealkylation sites (N-methyl/N-ethyl adjacent to an activating group) is 1. The number of aryl methyl sites for hydroxylation is 1. The van der Waals surface area contributed by atoms with Gasteiger partial charge in [0.1, 0.15) is 5.84 Å². The van der Waals surface area contributed by atoms with E-state index in [1.807, 2.05) is 0 Å². The van der Waals surface area contributed by atoms with Crippen LogP contribution in [0, 0.1) is 6.92 Å². The maximum Gasteiger partial charge on any atom is 0.136 e. The summed E-state index contributed by atoms with van der Waals surface area (Å²) in [5, 5.41) is 0. The van der Waals surface area contributed by atoms with Gasteiger partial charge in [-0.15, -0.1) is 24.8 Å². The van der Waals surface area contributed by atoms with Gasteiger partial charge in [-0.05, 0) is 37.6 Å². The summed E-state index contributed by atoms with van der Waals surface area (Å²) in [5.74, 6) is 1.13. The predicted molar refractivity (Wildman–Crippen MR) is 120 cm³/mol. The van der Waals surface area contributed by atoms with E-state index in [9.17, 15) is 0 Å². The van der Waals surface area contributed by atoms with E-state index in [1.165, 1.54) is 22.3 Å². The molecule has 27 heavy (non-hydrogen) atoms. The highest BCUT2D eigenvalue weighted by molar-refractivity contribution is 6.23. The van der Waals surface area contributed by atoms with E-state index in [-0.39, 0.29) is 24.8 Å². The van der Waals surface area contributed by atoms with Crippen molar-refractivity contribution in [3.05, 3.63) is 71.3 Å². The smallest absolute Gasteiger partial charge is 0.136 e. The molecule has 0 saturated carbocycles. The van der Waals surface area contributed by atoms with Crippen molar-refractivity contribution in [2.24, 2.45) is 4.99 Å². The average Bonchev–Trinajstić information content (AvgIpc) is 2.83. The average molecular weight is 404 g/mol. The number of halogens is 2. The molecule has 0 unspecified atom stereocenters. The molecule has 0 amide bonds. The molecule has 2 heterocycles. The largest absolute Gasteiger partial charge is 0.354 e. The fourth-order valence-corrected chi connectivity index (χ4v) is 3.51. The van der Waals surface area contributed by atoms with Crippen LogP contribution in [0.25, 0.3) is 5.57 Å². The number of piperazine rings is 1. The first-order chi connectivity index (χ1) is 12.2. The number of allylic oxidation sites excluding steroid dienone is 1. The normalized spacial score (nSPS) is 16.9. The highest BCUT2D eigenvalue weighted by atomic mass is 35.5. The Bertz CT molecular complexity index is 820. The van der Waals surface area contributed by atoms with Crippen molar-refractivity contribution in [1.82, 2.24) is 9.80 Å². The summed E-state index contributed by atoms with van der Waals surface area (Å²) in [5.41, 5.74) is 6.22. The number of hydrogen-bond donors (Lipinski definition) is 0. The molecule has 0 N–H and O–H groups in total. The summed E-state index contributed by atoms with van der Waals surface area (Å²) in [7, 11) is 2.19. The molecule has 1 saturated heterocycles. The first-order valence-corrected chi connectivity index (χ1v) is 9.08. The molecule has 0 aromatic heterocycles. The minimum Gasteiger partial charge on any atom is -0.354 e. The van der Waals surface area contributed by atoms with Gasteiger partial charge in [0.15, 0.2) is 0 Å². The van der Waals surface area contributed by atoms with Gasteiger partial charge in [-0.1, -0.05) is 54.1 Å². The van der Waals surface area contributed by atoms with Crippen molar-refractivity contribution >= 4 is 41.9 Å². The third kappa shape index (κ3) is 4.73. The summed E-state index contributed by atoms with van der Waals surface area (Å²) in [6.07, 6.45) is 3.29. The van der Waals surface area contributed by atoms with Crippen LogP contribution in [-0.4, -0.2) is 48.9 Å². The van der Waals surface area contributed by atoms with Crippen LogP contribution in [0.2, 0.25) is 0 Å². The second-order valence-corrected chi connectivity index (χ2v) is 7.04. The van der Waals surface area contributed by atoms with Gasteiger partial charge in [0, 0.05) is 31.8 Å². The molecule has 2 aromatic rings. The van der Waals surface area contributed by atoms with E-state index in [0.29, 0.717) is 0 Å². The third-order valence-electron chi connectivity index (χ3n) is 5.15. The molecule has 1 fully saturated rings. The molecule has 2 aromatic carbocycles. The fraction of sp³-hybridized carbons (Fsp3) is 0.318. The second kappa shape index (κ2) is 9.41. The standard InChI is InChI=1S/C22H25N3.2ClH/c1-17-7-9-18(10-8-17)20-12-11-19-5-3-4-6-21(19)23-22(20)25-15-13-24(2)14-16-25;;/h3-10,12H,11,13-16H2,1-2H3;2*1H. The topological polar surface area (TPSA) is 18.8 Å².